The molecule has 4 rings (SSSR count). The van der Waals surface area contributed by atoms with Gasteiger partial charge in [0.1, 0.15) is 0 Å². The van der Waals surface area contributed by atoms with E-state index in [-0.39, 0.29) is 0 Å². The van der Waals surface area contributed by atoms with Gasteiger partial charge in [0.25, 0.3) is 0 Å². The fourth-order valence-corrected chi connectivity index (χ4v) is 4.19. The third kappa shape index (κ3) is 3.56. The Balaban J connectivity index is 1.34. The van der Waals surface area contributed by atoms with E-state index in [2.05, 4.69) is 51.3 Å². The summed E-state index contributed by atoms with van der Waals surface area (Å²) in [7, 11) is 0. The zero-order chi connectivity index (χ0) is 15.5. The van der Waals surface area contributed by atoms with Crippen molar-refractivity contribution in [3.05, 3.63) is 42.1 Å². The first-order valence-electron chi connectivity index (χ1n) is 9.18. The largest absolute Gasteiger partial charge is 0.298 e. The van der Waals surface area contributed by atoms with Crippen LogP contribution in [0.15, 0.2) is 36.5 Å². The maximum absolute atomic E-state index is 4.60. The molecule has 1 aromatic heterocycles. The van der Waals surface area contributed by atoms with Crippen LogP contribution in [0.5, 0.6) is 0 Å². The molecule has 0 atom stereocenters. The van der Waals surface area contributed by atoms with Gasteiger partial charge in [0.15, 0.2) is 0 Å². The molecule has 0 spiro atoms. The van der Waals surface area contributed by atoms with Gasteiger partial charge >= 0.3 is 0 Å². The molecular weight excluding hydrogens is 282 g/mol. The third-order valence-electron chi connectivity index (χ3n) is 5.55. The van der Waals surface area contributed by atoms with Crippen molar-refractivity contribution < 1.29 is 0 Å². The fraction of sp³-hybridized carbons (Fsp3) is 0.550. The van der Waals surface area contributed by atoms with Crippen molar-refractivity contribution >= 4 is 10.9 Å². The van der Waals surface area contributed by atoms with E-state index in [4.69, 9.17) is 0 Å². The summed E-state index contributed by atoms with van der Waals surface area (Å²) in [5.41, 5.74) is 2.44. The second-order valence-electron chi connectivity index (χ2n) is 7.14. The fourth-order valence-electron chi connectivity index (χ4n) is 4.19. The van der Waals surface area contributed by atoms with Gasteiger partial charge in [-0.2, -0.15) is 0 Å². The highest BCUT2D eigenvalue weighted by Crippen LogP contribution is 2.24. The van der Waals surface area contributed by atoms with E-state index in [1.807, 2.05) is 0 Å². The number of nitrogens with zero attached hydrogens (tertiary/aromatic N) is 3. The van der Waals surface area contributed by atoms with Gasteiger partial charge in [-0.15, -0.1) is 0 Å². The lowest BCUT2D eigenvalue weighted by Crippen LogP contribution is -2.50. The molecule has 0 bridgehead atoms. The maximum atomic E-state index is 4.60. The van der Waals surface area contributed by atoms with E-state index >= 15 is 0 Å². The lowest BCUT2D eigenvalue weighted by atomic mass is 9.94. The topological polar surface area (TPSA) is 19.4 Å². The van der Waals surface area contributed by atoms with E-state index in [1.165, 1.54) is 69.2 Å². The van der Waals surface area contributed by atoms with E-state index in [0.717, 1.165) is 18.1 Å². The minimum atomic E-state index is 0.869. The van der Waals surface area contributed by atoms with Crippen molar-refractivity contribution in [2.45, 2.75) is 44.7 Å². The number of para-hydroxylation sites is 1. The highest BCUT2D eigenvalue weighted by Gasteiger charge is 2.24. The molecule has 1 aromatic carbocycles. The van der Waals surface area contributed by atoms with Gasteiger partial charge in [0.2, 0.25) is 0 Å². The second kappa shape index (κ2) is 6.98. The van der Waals surface area contributed by atoms with Crippen LogP contribution >= 0.6 is 0 Å². The number of fused-ring (bicyclic) bond motifs is 1. The summed E-state index contributed by atoms with van der Waals surface area (Å²) >= 11 is 0. The van der Waals surface area contributed by atoms with Crippen LogP contribution in [0.1, 0.15) is 37.7 Å². The van der Waals surface area contributed by atoms with Crippen molar-refractivity contribution in [3.8, 4) is 0 Å². The average molecular weight is 309 g/mol. The van der Waals surface area contributed by atoms with Gasteiger partial charge in [-0.25, -0.2) is 0 Å². The number of benzene rings is 1. The summed E-state index contributed by atoms with van der Waals surface area (Å²) in [5, 5.41) is 1.26. The Hall–Kier alpha value is -1.45. The SMILES string of the molecule is c1ccc2ncc(CN3CCN(C4CCCCC4)CC3)cc2c1. The molecule has 2 aromatic rings. The normalized spacial score (nSPS) is 21.7. The van der Waals surface area contributed by atoms with E-state index in [0.29, 0.717) is 0 Å². The first kappa shape index (κ1) is 15.1. The van der Waals surface area contributed by atoms with Crippen LogP contribution in [0.2, 0.25) is 0 Å². The van der Waals surface area contributed by atoms with Gasteiger partial charge in [-0.3, -0.25) is 14.8 Å². The Morgan fingerprint density at radius 1 is 0.957 bits per heavy atom. The Bertz CT molecular complexity index is 640. The molecule has 1 saturated carbocycles. The molecule has 1 saturated heterocycles. The van der Waals surface area contributed by atoms with Gasteiger partial charge in [0.05, 0.1) is 5.52 Å². The second-order valence-corrected chi connectivity index (χ2v) is 7.14. The summed E-state index contributed by atoms with van der Waals surface area (Å²) in [5.74, 6) is 0. The number of rotatable bonds is 3. The lowest BCUT2D eigenvalue weighted by Gasteiger charge is -2.40. The van der Waals surface area contributed by atoms with Crippen LogP contribution < -0.4 is 0 Å². The highest BCUT2D eigenvalue weighted by atomic mass is 15.3. The minimum Gasteiger partial charge on any atom is -0.298 e. The zero-order valence-corrected chi connectivity index (χ0v) is 14.0. The number of pyridine rings is 1. The Morgan fingerprint density at radius 3 is 2.57 bits per heavy atom. The predicted molar refractivity (Wildman–Crippen MR) is 95.5 cm³/mol. The standard InChI is InChI=1S/C20H27N3/c1-2-7-19(8-3-1)23-12-10-22(11-13-23)16-17-14-18-6-4-5-9-20(18)21-15-17/h4-6,9,14-15,19H,1-3,7-8,10-13,16H2. The van der Waals surface area contributed by atoms with E-state index in [9.17, 15) is 0 Å². The molecule has 122 valence electrons. The summed E-state index contributed by atoms with van der Waals surface area (Å²) in [6, 6.07) is 11.6. The average Bonchev–Trinajstić information content (AvgIpc) is 2.63. The summed E-state index contributed by atoms with van der Waals surface area (Å²) in [6.07, 6.45) is 9.23. The van der Waals surface area contributed by atoms with Crippen LogP contribution in [0.4, 0.5) is 0 Å². The minimum absolute atomic E-state index is 0.869. The van der Waals surface area contributed by atoms with Crippen molar-refractivity contribution in [1.29, 1.82) is 0 Å². The molecule has 1 aliphatic carbocycles. The van der Waals surface area contributed by atoms with E-state index < -0.39 is 0 Å². The maximum Gasteiger partial charge on any atom is 0.0702 e. The number of hydrogen-bond acceptors (Lipinski definition) is 3. The van der Waals surface area contributed by atoms with Crippen molar-refractivity contribution in [3.63, 3.8) is 0 Å². The van der Waals surface area contributed by atoms with Gasteiger partial charge < -0.3 is 0 Å². The summed E-state index contributed by atoms with van der Waals surface area (Å²) in [6.45, 7) is 5.92. The third-order valence-corrected chi connectivity index (χ3v) is 5.55. The van der Waals surface area contributed by atoms with Crippen molar-refractivity contribution in [1.82, 2.24) is 14.8 Å². The van der Waals surface area contributed by atoms with Crippen LogP contribution in [-0.4, -0.2) is 47.0 Å². The molecular formula is C20H27N3. The quantitative estimate of drug-likeness (QED) is 0.862. The molecule has 3 heteroatoms. The van der Waals surface area contributed by atoms with Crippen LogP contribution in [0, 0.1) is 0 Å². The molecule has 0 radical (unpaired) electrons. The monoisotopic (exact) mass is 309 g/mol. The molecule has 0 N–H and O–H groups in total. The molecule has 0 unspecified atom stereocenters. The van der Waals surface area contributed by atoms with Gasteiger partial charge in [-0.1, -0.05) is 37.5 Å². The molecule has 2 heterocycles. The molecule has 1 aliphatic heterocycles. The molecule has 0 amide bonds. The molecule has 3 nitrogen and oxygen atoms in total. The number of piperazine rings is 1. The van der Waals surface area contributed by atoms with Crippen LogP contribution in [0.25, 0.3) is 10.9 Å². The zero-order valence-electron chi connectivity index (χ0n) is 14.0. The smallest absolute Gasteiger partial charge is 0.0702 e. The van der Waals surface area contributed by atoms with Gasteiger partial charge in [0, 0.05) is 50.3 Å². The highest BCUT2D eigenvalue weighted by molar-refractivity contribution is 5.78. The van der Waals surface area contributed by atoms with Crippen molar-refractivity contribution in [2.24, 2.45) is 0 Å². The van der Waals surface area contributed by atoms with E-state index in [1.54, 1.807) is 0 Å². The first-order chi connectivity index (χ1) is 11.4. The molecule has 23 heavy (non-hydrogen) atoms. The number of aromatic nitrogens is 1. The Labute approximate surface area is 139 Å². The molecule has 2 aliphatic rings. The van der Waals surface area contributed by atoms with Crippen LogP contribution in [0.3, 0.4) is 0 Å². The van der Waals surface area contributed by atoms with Gasteiger partial charge in [-0.05, 0) is 30.5 Å². The predicted octanol–water partition coefficient (Wildman–Crippen LogP) is 3.69. The Morgan fingerprint density at radius 2 is 1.74 bits per heavy atom. The summed E-state index contributed by atoms with van der Waals surface area (Å²) < 4.78 is 0. The summed E-state index contributed by atoms with van der Waals surface area (Å²) in [4.78, 5) is 9.93. The Kier molecular flexibility index (Phi) is 4.58. The van der Waals surface area contributed by atoms with Crippen LogP contribution in [-0.2, 0) is 6.54 Å². The van der Waals surface area contributed by atoms with Crippen molar-refractivity contribution in [2.75, 3.05) is 26.2 Å². The lowest BCUT2D eigenvalue weighted by molar-refractivity contribution is 0.0755. The first-order valence-corrected chi connectivity index (χ1v) is 9.18. The number of hydrogen-bond donors (Lipinski definition) is 0. The molecule has 2 fully saturated rings.